The Hall–Kier alpha value is -1.24. The van der Waals surface area contributed by atoms with Gasteiger partial charge in [-0.05, 0) is 37.9 Å². The molecule has 1 saturated heterocycles. The summed E-state index contributed by atoms with van der Waals surface area (Å²) in [6, 6.07) is 8.41. The predicted molar refractivity (Wildman–Crippen MR) is 84.5 cm³/mol. The molecule has 3 rings (SSSR count). The largest absolute Gasteiger partial charge is 0.338 e. The minimum Gasteiger partial charge on any atom is -0.338 e. The Balaban J connectivity index is 1.71. The van der Waals surface area contributed by atoms with Gasteiger partial charge >= 0.3 is 0 Å². The Morgan fingerprint density at radius 2 is 2.33 bits per heavy atom. The molecule has 2 N–H and O–H groups in total. The Kier molecular flexibility index (Phi) is 4.37. The van der Waals surface area contributed by atoms with E-state index >= 15 is 0 Å². The lowest BCUT2D eigenvalue weighted by molar-refractivity contribution is 0.218. The van der Waals surface area contributed by atoms with Crippen molar-refractivity contribution < 1.29 is 4.52 Å². The van der Waals surface area contributed by atoms with Crippen LogP contribution in [0.3, 0.4) is 0 Å². The maximum Gasteiger partial charge on any atom is 0.241 e. The van der Waals surface area contributed by atoms with Gasteiger partial charge in [-0.25, -0.2) is 0 Å². The molecule has 0 aliphatic carbocycles. The van der Waals surface area contributed by atoms with Gasteiger partial charge in [0.05, 0.1) is 6.54 Å². The molecular weight excluding hydrogens is 332 g/mol. The minimum atomic E-state index is 0.514. The van der Waals surface area contributed by atoms with E-state index in [2.05, 4.69) is 37.9 Å². The standard InChI is InChI=1S/C15H19BrN4O/c1-10-5-11(7-17)8-20(10)9-14-18-15(19-21-14)12-3-2-4-13(16)6-12/h2-4,6,10-11H,5,7-9,17H2,1H3. The van der Waals surface area contributed by atoms with Crippen LogP contribution in [0.1, 0.15) is 19.2 Å². The van der Waals surface area contributed by atoms with Gasteiger partial charge in [0, 0.05) is 22.6 Å². The van der Waals surface area contributed by atoms with Crippen LogP contribution in [0.5, 0.6) is 0 Å². The lowest BCUT2D eigenvalue weighted by atomic mass is 10.1. The maximum atomic E-state index is 5.76. The van der Waals surface area contributed by atoms with Crippen molar-refractivity contribution in [1.29, 1.82) is 0 Å². The van der Waals surface area contributed by atoms with Crippen LogP contribution in [0.2, 0.25) is 0 Å². The number of nitrogens with zero attached hydrogens (tertiary/aromatic N) is 3. The summed E-state index contributed by atoms with van der Waals surface area (Å²) >= 11 is 3.45. The summed E-state index contributed by atoms with van der Waals surface area (Å²) < 4.78 is 6.39. The van der Waals surface area contributed by atoms with Crippen LogP contribution in [0, 0.1) is 5.92 Å². The number of aromatic nitrogens is 2. The smallest absolute Gasteiger partial charge is 0.241 e. The quantitative estimate of drug-likeness (QED) is 0.917. The molecule has 21 heavy (non-hydrogen) atoms. The Morgan fingerprint density at radius 3 is 3.05 bits per heavy atom. The molecule has 2 atom stereocenters. The summed E-state index contributed by atoms with van der Waals surface area (Å²) in [5, 5.41) is 4.08. The zero-order valence-corrected chi connectivity index (χ0v) is 13.6. The first-order valence-corrected chi connectivity index (χ1v) is 7.97. The molecule has 1 aromatic heterocycles. The van der Waals surface area contributed by atoms with Crippen molar-refractivity contribution in [3.05, 3.63) is 34.6 Å². The number of hydrogen-bond acceptors (Lipinski definition) is 5. The first-order chi connectivity index (χ1) is 10.2. The average molecular weight is 351 g/mol. The third-order valence-corrected chi connectivity index (χ3v) is 4.51. The zero-order valence-electron chi connectivity index (χ0n) is 12.0. The van der Waals surface area contributed by atoms with Crippen molar-refractivity contribution in [2.24, 2.45) is 11.7 Å². The Morgan fingerprint density at radius 1 is 1.48 bits per heavy atom. The molecule has 0 saturated carbocycles. The topological polar surface area (TPSA) is 68.2 Å². The van der Waals surface area contributed by atoms with E-state index in [-0.39, 0.29) is 0 Å². The van der Waals surface area contributed by atoms with Crippen molar-refractivity contribution in [2.75, 3.05) is 13.1 Å². The zero-order chi connectivity index (χ0) is 14.8. The molecule has 2 heterocycles. The van der Waals surface area contributed by atoms with Crippen molar-refractivity contribution in [3.8, 4) is 11.4 Å². The van der Waals surface area contributed by atoms with E-state index in [0.717, 1.165) is 29.5 Å². The fraction of sp³-hybridized carbons (Fsp3) is 0.467. The minimum absolute atomic E-state index is 0.514. The van der Waals surface area contributed by atoms with E-state index in [1.807, 2.05) is 24.3 Å². The number of hydrogen-bond donors (Lipinski definition) is 1. The van der Waals surface area contributed by atoms with Crippen molar-refractivity contribution >= 4 is 15.9 Å². The van der Waals surface area contributed by atoms with Gasteiger partial charge in [-0.15, -0.1) is 0 Å². The van der Waals surface area contributed by atoms with Crippen molar-refractivity contribution in [3.63, 3.8) is 0 Å². The molecular formula is C15H19BrN4O. The van der Waals surface area contributed by atoms with Gasteiger partial charge in [0.2, 0.25) is 11.7 Å². The molecule has 6 heteroatoms. The first kappa shape index (κ1) is 14.7. The second kappa shape index (κ2) is 6.25. The number of halogens is 1. The molecule has 2 aromatic rings. The summed E-state index contributed by atoms with van der Waals surface area (Å²) in [4.78, 5) is 6.86. The SMILES string of the molecule is CC1CC(CN)CN1Cc1nc(-c2cccc(Br)c2)no1. The van der Waals surface area contributed by atoms with Gasteiger partial charge in [0.1, 0.15) is 0 Å². The van der Waals surface area contributed by atoms with Gasteiger partial charge in [-0.1, -0.05) is 33.2 Å². The van der Waals surface area contributed by atoms with E-state index in [1.165, 1.54) is 0 Å². The van der Waals surface area contributed by atoms with Crippen LogP contribution in [-0.4, -0.2) is 34.2 Å². The number of rotatable bonds is 4. The molecule has 1 fully saturated rings. The maximum absolute atomic E-state index is 5.76. The monoisotopic (exact) mass is 350 g/mol. The predicted octanol–water partition coefficient (Wildman–Crippen LogP) is 2.67. The first-order valence-electron chi connectivity index (χ1n) is 7.18. The normalized spacial score (nSPS) is 22.8. The highest BCUT2D eigenvalue weighted by Gasteiger charge is 2.29. The summed E-state index contributed by atoms with van der Waals surface area (Å²) in [6.07, 6.45) is 1.14. The molecule has 1 aliphatic rings. The average Bonchev–Trinajstić information content (AvgIpc) is 3.07. The third kappa shape index (κ3) is 3.33. The van der Waals surface area contributed by atoms with Gasteiger partial charge < -0.3 is 10.3 Å². The van der Waals surface area contributed by atoms with Crippen molar-refractivity contribution in [2.45, 2.75) is 25.9 Å². The highest BCUT2D eigenvalue weighted by atomic mass is 79.9. The molecule has 0 amide bonds. The highest BCUT2D eigenvalue weighted by molar-refractivity contribution is 9.10. The van der Waals surface area contributed by atoms with Gasteiger partial charge in [-0.3, -0.25) is 4.90 Å². The second-order valence-corrected chi connectivity index (χ2v) is 6.55. The third-order valence-electron chi connectivity index (χ3n) is 4.01. The van der Waals surface area contributed by atoms with Crippen LogP contribution >= 0.6 is 15.9 Å². The number of benzene rings is 1. The van der Waals surface area contributed by atoms with E-state index in [9.17, 15) is 0 Å². The van der Waals surface area contributed by atoms with E-state index < -0.39 is 0 Å². The van der Waals surface area contributed by atoms with Crippen LogP contribution in [-0.2, 0) is 6.54 Å². The highest BCUT2D eigenvalue weighted by Crippen LogP contribution is 2.25. The molecule has 5 nitrogen and oxygen atoms in total. The second-order valence-electron chi connectivity index (χ2n) is 5.64. The van der Waals surface area contributed by atoms with E-state index in [1.54, 1.807) is 0 Å². The van der Waals surface area contributed by atoms with Crippen LogP contribution < -0.4 is 5.73 Å². The fourth-order valence-corrected chi connectivity index (χ4v) is 3.25. The number of likely N-dealkylation sites (tertiary alicyclic amines) is 1. The summed E-state index contributed by atoms with van der Waals surface area (Å²) in [5.74, 6) is 1.87. The summed E-state index contributed by atoms with van der Waals surface area (Å²) in [6.45, 7) is 4.67. The lowest BCUT2D eigenvalue weighted by Crippen LogP contribution is -2.27. The molecule has 0 bridgehead atoms. The van der Waals surface area contributed by atoms with Crippen molar-refractivity contribution in [1.82, 2.24) is 15.0 Å². The fourth-order valence-electron chi connectivity index (χ4n) is 2.85. The molecule has 0 spiro atoms. The van der Waals surface area contributed by atoms with Gasteiger partial charge in [0.15, 0.2) is 0 Å². The molecule has 1 aromatic carbocycles. The Bertz CT molecular complexity index is 615. The molecule has 1 aliphatic heterocycles. The van der Waals surface area contributed by atoms with Crippen LogP contribution in [0.25, 0.3) is 11.4 Å². The van der Waals surface area contributed by atoms with E-state index in [0.29, 0.717) is 30.2 Å². The number of nitrogens with two attached hydrogens (primary N) is 1. The van der Waals surface area contributed by atoms with Crippen LogP contribution in [0.15, 0.2) is 33.3 Å². The van der Waals surface area contributed by atoms with Crippen LogP contribution in [0.4, 0.5) is 0 Å². The van der Waals surface area contributed by atoms with E-state index in [4.69, 9.17) is 10.3 Å². The molecule has 112 valence electrons. The summed E-state index contributed by atoms with van der Waals surface area (Å²) in [5.41, 5.74) is 6.72. The van der Waals surface area contributed by atoms with Gasteiger partial charge in [-0.2, -0.15) is 4.98 Å². The van der Waals surface area contributed by atoms with Gasteiger partial charge in [0.25, 0.3) is 0 Å². The summed E-state index contributed by atoms with van der Waals surface area (Å²) in [7, 11) is 0. The lowest BCUT2D eigenvalue weighted by Gasteiger charge is -2.18. The molecule has 0 radical (unpaired) electrons. The molecule has 2 unspecified atom stereocenters. The Labute approximate surface area is 132 Å².